The Morgan fingerprint density at radius 1 is 0.971 bits per heavy atom. The zero-order valence-electron chi connectivity index (χ0n) is 40.6. The van der Waals surface area contributed by atoms with Gasteiger partial charge >= 0.3 is 0 Å². The van der Waals surface area contributed by atoms with Crippen LogP contribution in [0.4, 0.5) is 0 Å². The molecule has 6 rings (SSSR count). The highest BCUT2D eigenvalue weighted by Gasteiger charge is 2.64. The van der Waals surface area contributed by atoms with E-state index in [4.69, 9.17) is 21.1 Å². The number of rotatable bonds is 20. The van der Waals surface area contributed by atoms with Crippen LogP contribution in [0.5, 0.6) is 5.75 Å². The van der Waals surface area contributed by atoms with E-state index in [0.29, 0.717) is 28.5 Å². The van der Waals surface area contributed by atoms with E-state index in [1.807, 2.05) is 74.8 Å². The Labute approximate surface area is 410 Å². The highest BCUT2D eigenvalue weighted by Crippen LogP contribution is 2.55. The topological polar surface area (TPSA) is 183 Å². The maximum absolute atomic E-state index is 14.0. The minimum absolute atomic E-state index is 0.00240. The van der Waals surface area contributed by atoms with Crippen LogP contribution in [0.25, 0.3) is 10.4 Å². The zero-order valence-corrected chi connectivity index (χ0v) is 42.2. The van der Waals surface area contributed by atoms with Crippen molar-refractivity contribution in [3.63, 3.8) is 0 Å². The Balaban J connectivity index is 0.879. The van der Waals surface area contributed by atoms with Crippen molar-refractivity contribution in [2.45, 2.75) is 137 Å². The van der Waals surface area contributed by atoms with Crippen LogP contribution in [0, 0.1) is 27.6 Å². The molecule has 13 nitrogen and oxygen atoms in total. The third-order valence-electron chi connectivity index (χ3n) is 13.3. The summed E-state index contributed by atoms with van der Waals surface area (Å²) in [6, 6.07) is 20.9. The highest BCUT2D eigenvalue weighted by molar-refractivity contribution is 7.13. The van der Waals surface area contributed by atoms with Gasteiger partial charge in [-0.05, 0) is 72.1 Å². The van der Waals surface area contributed by atoms with Crippen LogP contribution in [-0.2, 0) is 38.5 Å². The Hall–Kier alpha value is -5.33. The Bertz CT molecular complexity index is 2430. The molecule has 4 N–H and O–H groups in total. The molecule has 1 saturated heterocycles. The average Bonchev–Trinajstić information content (AvgIpc) is 3.95. The van der Waals surface area contributed by atoms with E-state index >= 15 is 0 Å². The first kappa shape index (κ1) is 52.0. The molecule has 4 aromatic rings. The summed E-state index contributed by atoms with van der Waals surface area (Å²) in [6.07, 6.45) is 4.39. The summed E-state index contributed by atoms with van der Waals surface area (Å²) in [5, 5.41) is 29.2. The molecule has 2 fully saturated rings. The summed E-state index contributed by atoms with van der Waals surface area (Å²) >= 11 is 7.84. The van der Waals surface area contributed by atoms with Gasteiger partial charge in [-0.1, -0.05) is 116 Å². The second kappa shape index (κ2) is 22.4. The summed E-state index contributed by atoms with van der Waals surface area (Å²) in [5.74, 6) is -0.751. The first-order valence-corrected chi connectivity index (χ1v) is 24.9. The maximum Gasteiger partial charge on any atom is 0.251 e. The quantitative estimate of drug-likeness (QED) is 0.0632. The molecule has 2 heterocycles. The molecule has 15 heteroatoms. The fraction of sp³-hybridized carbons (Fsp3) is 0.509. The van der Waals surface area contributed by atoms with Gasteiger partial charge in [0.15, 0.2) is 0 Å². The van der Waals surface area contributed by atoms with Crippen molar-refractivity contribution in [3.05, 3.63) is 105 Å². The van der Waals surface area contributed by atoms with Crippen LogP contribution in [-0.4, -0.2) is 88.7 Å². The number of carbonyl (C=O) groups is 4. The van der Waals surface area contributed by atoms with Gasteiger partial charge in [0, 0.05) is 54.6 Å². The lowest BCUT2D eigenvalue weighted by Crippen LogP contribution is -2.74. The highest BCUT2D eigenvalue weighted by atomic mass is 35.5. The third kappa shape index (κ3) is 12.5. The fourth-order valence-electron chi connectivity index (χ4n) is 9.84. The zero-order chi connectivity index (χ0) is 49.4. The SMILES string of the molecule is CCc1ncsc1-c1ccc(CNC(=O)[C@@H]2C[C@@H](O)CN2C(=O)[C@@H](NC(=O)COCCCCCCc2ccc(C(=O)NC3C(C)(C)C(Oc4ccc(C#N)c(Cl)c4)C3(C)C)cc2)C(C)(C)C)cc1. The van der Waals surface area contributed by atoms with Gasteiger partial charge in [0.05, 0.1) is 32.8 Å². The number of aromatic nitrogens is 1. The number of unbranched alkanes of at least 4 members (excludes halogenated alkanes) is 3. The van der Waals surface area contributed by atoms with Crippen molar-refractivity contribution in [1.29, 1.82) is 5.26 Å². The molecule has 3 aromatic carbocycles. The normalized spacial score (nSPS) is 19.9. The van der Waals surface area contributed by atoms with Crippen molar-refractivity contribution in [2.24, 2.45) is 16.2 Å². The van der Waals surface area contributed by atoms with Crippen LogP contribution in [0.3, 0.4) is 0 Å². The summed E-state index contributed by atoms with van der Waals surface area (Å²) < 4.78 is 12.1. The number of hydrogen-bond acceptors (Lipinski definition) is 10. The fourth-order valence-corrected chi connectivity index (χ4v) is 10.9. The van der Waals surface area contributed by atoms with Crippen LogP contribution in [0.2, 0.25) is 5.02 Å². The minimum atomic E-state index is -0.937. The standard InChI is InChI=1S/C53H67ClN6O7S/c1-9-41-44(68-32-57-41)35-19-17-34(18-20-35)29-56-47(64)42-26-38(61)30-60(42)48(65)45(51(2,3)4)58-43(62)31-66-25-13-11-10-12-14-33-15-21-36(22-16-33)46(63)59-49-52(5,6)50(53(49,7)8)67-39-24-23-37(28-55)40(54)27-39/h15-24,27,32,38,42,45,49-50,61H,9-14,25-26,29-31H2,1-8H3,(H,56,64)(H,58,62)(H,59,63)/t38-,42+,45-,49?,50?/m1/s1. The molecule has 4 amide bonds. The number of nitriles is 1. The summed E-state index contributed by atoms with van der Waals surface area (Å²) in [6.45, 7) is 16.4. The second-order valence-electron chi connectivity index (χ2n) is 20.4. The van der Waals surface area contributed by atoms with Gasteiger partial charge in [0.2, 0.25) is 17.7 Å². The van der Waals surface area contributed by atoms with E-state index in [-0.39, 0.29) is 60.9 Å². The third-order valence-corrected chi connectivity index (χ3v) is 14.6. The number of nitrogens with zero attached hydrogens (tertiary/aromatic N) is 3. The molecule has 0 spiro atoms. The number of amides is 4. The molecule has 0 unspecified atom stereocenters. The Morgan fingerprint density at radius 3 is 2.29 bits per heavy atom. The van der Waals surface area contributed by atoms with E-state index < -0.39 is 35.4 Å². The van der Waals surface area contributed by atoms with Gasteiger partial charge in [-0.25, -0.2) is 4.98 Å². The van der Waals surface area contributed by atoms with Crippen molar-refractivity contribution in [2.75, 3.05) is 19.8 Å². The molecule has 0 bridgehead atoms. The second-order valence-corrected chi connectivity index (χ2v) is 21.6. The van der Waals surface area contributed by atoms with Crippen LogP contribution in [0.1, 0.15) is 120 Å². The number of aliphatic hydroxyl groups excluding tert-OH is 1. The molecule has 1 saturated carbocycles. The van der Waals surface area contributed by atoms with E-state index in [2.05, 4.69) is 61.6 Å². The number of carbonyl (C=O) groups excluding carboxylic acids is 4. The number of thiazole rings is 1. The number of ether oxygens (including phenoxy) is 2. The summed E-state index contributed by atoms with van der Waals surface area (Å²) in [4.78, 5) is 60.9. The van der Waals surface area contributed by atoms with E-state index in [1.165, 1.54) is 4.90 Å². The lowest BCUT2D eigenvalue weighted by Gasteiger charge is -2.63. The first-order valence-electron chi connectivity index (χ1n) is 23.7. The number of β-amino-alcohol motifs (C(OH)–C–C–N with tert-alkyl or cyclic N) is 1. The minimum Gasteiger partial charge on any atom is -0.489 e. The lowest BCUT2D eigenvalue weighted by atomic mass is 9.49. The predicted molar refractivity (Wildman–Crippen MR) is 265 cm³/mol. The van der Waals surface area contributed by atoms with Gasteiger partial charge in [-0.3, -0.25) is 19.2 Å². The van der Waals surface area contributed by atoms with Crippen molar-refractivity contribution in [3.8, 4) is 22.3 Å². The Morgan fingerprint density at radius 2 is 1.65 bits per heavy atom. The number of aryl methyl sites for hydroxylation is 2. The summed E-state index contributed by atoms with van der Waals surface area (Å²) in [5.41, 5.74) is 5.60. The monoisotopic (exact) mass is 966 g/mol. The molecule has 68 heavy (non-hydrogen) atoms. The molecule has 1 aliphatic heterocycles. The Kier molecular flexibility index (Phi) is 17.1. The molecule has 0 radical (unpaired) electrons. The average molecular weight is 968 g/mol. The maximum atomic E-state index is 14.0. The van der Waals surface area contributed by atoms with E-state index in [1.54, 1.807) is 29.5 Å². The van der Waals surface area contributed by atoms with Crippen LogP contribution >= 0.6 is 22.9 Å². The lowest BCUT2D eigenvalue weighted by molar-refractivity contribution is -0.164. The van der Waals surface area contributed by atoms with Gasteiger partial charge in [0.25, 0.3) is 5.91 Å². The predicted octanol–water partition coefficient (Wildman–Crippen LogP) is 8.44. The van der Waals surface area contributed by atoms with Crippen LogP contribution < -0.4 is 20.7 Å². The van der Waals surface area contributed by atoms with Gasteiger partial charge in [-0.2, -0.15) is 5.26 Å². The van der Waals surface area contributed by atoms with Crippen molar-refractivity contribution >= 4 is 46.6 Å². The largest absolute Gasteiger partial charge is 0.489 e. The molecule has 2 aliphatic rings. The van der Waals surface area contributed by atoms with Gasteiger partial charge < -0.3 is 35.4 Å². The molecule has 364 valence electrons. The van der Waals surface area contributed by atoms with Crippen molar-refractivity contribution < 1.29 is 33.8 Å². The number of halogens is 1. The van der Waals surface area contributed by atoms with E-state index in [9.17, 15) is 29.5 Å². The molecule has 1 aromatic heterocycles. The smallest absolute Gasteiger partial charge is 0.251 e. The molecule has 3 atom stereocenters. The van der Waals surface area contributed by atoms with Gasteiger partial charge in [-0.15, -0.1) is 11.3 Å². The number of aliphatic hydroxyl groups is 1. The van der Waals surface area contributed by atoms with Crippen LogP contribution in [0.15, 0.2) is 72.2 Å². The van der Waals surface area contributed by atoms with Gasteiger partial charge in [0.1, 0.15) is 36.6 Å². The molecular weight excluding hydrogens is 900 g/mol. The van der Waals surface area contributed by atoms with E-state index in [0.717, 1.165) is 65.8 Å². The number of nitrogens with one attached hydrogen (secondary N) is 3. The molecular formula is C53H67ClN6O7S. The van der Waals surface area contributed by atoms with Crippen molar-refractivity contribution in [1.82, 2.24) is 25.8 Å². The first-order chi connectivity index (χ1) is 32.2. The number of hydrogen-bond donors (Lipinski definition) is 4. The summed E-state index contributed by atoms with van der Waals surface area (Å²) in [7, 11) is 0. The number of likely N-dealkylation sites (tertiary alicyclic amines) is 1. The molecule has 1 aliphatic carbocycles. The number of benzene rings is 3.